The van der Waals surface area contributed by atoms with Crippen LogP contribution in [0.1, 0.15) is 43.5 Å². The van der Waals surface area contributed by atoms with Gasteiger partial charge in [0.2, 0.25) is 11.9 Å². The van der Waals surface area contributed by atoms with E-state index in [1.807, 2.05) is 67.1 Å². The lowest BCUT2D eigenvalue weighted by Gasteiger charge is -2.40. The quantitative estimate of drug-likeness (QED) is 0.627. The zero-order chi connectivity index (χ0) is 20.5. The fraction of sp³-hybridized carbons (Fsp3) is 0.318. The minimum Gasteiger partial charge on any atom is -0.497 e. The van der Waals surface area contributed by atoms with Crippen LogP contribution in [-0.2, 0) is 4.79 Å². The first-order valence-electron chi connectivity index (χ1n) is 9.62. The van der Waals surface area contributed by atoms with Crippen LogP contribution < -0.4 is 9.64 Å². The third-order valence-corrected chi connectivity index (χ3v) is 5.66. The number of methoxy groups -OCH3 is 1. The summed E-state index contributed by atoms with van der Waals surface area (Å²) >= 11 is 6.52. The van der Waals surface area contributed by atoms with Crippen molar-refractivity contribution in [3.63, 3.8) is 0 Å². The van der Waals surface area contributed by atoms with E-state index in [2.05, 4.69) is 10.1 Å². The van der Waals surface area contributed by atoms with Crippen molar-refractivity contribution < 1.29 is 9.53 Å². The molecular formula is C22H23ClN4O2. The standard InChI is InChI=1S/C22H23ClN4O2/c1-14(2)21(28)26-19(15-8-10-16(29-3)11-9-15)12-20(27-22(26)24-13-25-27)17-6-4-5-7-18(17)23/h4-11,13-14,19-20H,12H2,1-3H3/t19-,20-/m1/s1. The van der Waals surface area contributed by atoms with Gasteiger partial charge in [-0.2, -0.15) is 10.1 Å². The largest absolute Gasteiger partial charge is 0.497 e. The Bertz CT molecular complexity index is 1020. The van der Waals surface area contributed by atoms with E-state index in [9.17, 15) is 4.79 Å². The summed E-state index contributed by atoms with van der Waals surface area (Å²) in [5.41, 5.74) is 1.99. The van der Waals surface area contributed by atoms with Crippen LogP contribution in [0.3, 0.4) is 0 Å². The van der Waals surface area contributed by atoms with E-state index in [4.69, 9.17) is 16.3 Å². The molecule has 1 amide bonds. The summed E-state index contributed by atoms with van der Waals surface area (Å²) in [6.45, 7) is 3.79. The first-order valence-corrected chi connectivity index (χ1v) is 10.00. The summed E-state index contributed by atoms with van der Waals surface area (Å²) in [6.07, 6.45) is 2.14. The van der Waals surface area contributed by atoms with Crippen LogP contribution in [0.2, 0.25) is 5.02 Å². The normalized spacial score (nSPS) is 18.6. The molecule has 7 heteroatoms. The number of fused-ring (bicyclic) bond motifs is 1. The summed E-state index contributed by atoms with van der Waals surface area (Å²) in [4.78, 5) is 19.4. The number of anilines is 1. The smallest absolute Gasteiger partial charge is 0.232 e. The van der Waals surface area contributed by atoms with E-state index in [-0.39, 0.29) is 23.9 Å². The molecule has 150 valence electrons. The number of amides is 1. The second-order valence-electron chi connectivity index (χ2n) is 7.43. The van der Waals surface area contributed by atoms with E-state index in [0.29, 0.717) is 17.4 Å². The molecule has 0 spiro atoms. The average Bonchev–Trinajstić information content (AvgIpc) is 3.22. The highest BCUT2D eigenvalue weighted by molar-refractivity contribution is 6.31. The van der Waals surface area contributed by atoms with Crippen molar-refractivity contribution in [3.8, 4) is 5.75 Å². The van der Waals surface area contributed by atoms with E-state index in [1.165, 1.54) is 6.33 Å². The van der Waals surface area contributed by atoms with Crippen LogP contribution >= 0.6 is 11.6 Å². The summed E-state index contributed by atoms with van der Waals surface area (Å²) in [5.74, 6) is 1.16. The molecule has 6 nitrogen and oxygen atoms in total. The van der Waals surface area contributed by atoms with Crippen LogP contribution in [0.25, 0.3) is 0 Å². The van der Waals surface area contributed by atoms with Crippen molar-refractivity contribution in [3.05, 3.63) is 71.0 Å². The topological polar surface area (TPSA) is 60.2 Å². The van der Waals surface area contributed by atoms with Crippen LogP contribution in [0.4, 0.5) is 5.95 Å². The number of benzene rings is 2. The molecular weight excluding hydrogens is 388 g/mol. The molecule has 2 aromatic carbocycles. The lowest BCUT2D eigenvalue weighted by molar-refractivity contribution is -0.122. The van der Waals surface area contributed by atoms with Gasteiger partial charge in [0.25, 0.3) is 0 Å². The second kappa shape index (κ2) is 7.87. The van der Waals surface area contributed by atoms with Gasteiger partial charge < -0.3 is 4.74 Å². The summed E-state index contributed by atoms with van der Waals surface area (Å²) in [6, 6.07) is 15.3. The Hall–Kier alpha value is -2.86. The SMILES string of the molecule is COc1ccc([C@H]2C[C@H](c3ccccc3Cl)n3ncnc3N2C(=O)C(C)C)cc1. The molecule has 3 aromatic rings. The van der Waals surface area contributed by atoms with E-state index < -0.39 is 0 Å². The van der Waals surface area contributed by atoms with Gasteiger partial charge in [0, 0.05) is 10.9 Å². The summed E-state index contributed by atoms with van der Waals surface area (Å²) < 4.78 is 7.10. The minimum atomic E-state index is -0.186. The molecule has 0 aliphatic carbocycles. The zero-order valence-corrected chi connectivity index (χ0v) is 17.4. The summed E-state index contributed by atoms with van der Waals surface area (Å²) in [7, 11) is 1.64. The van der Waals surface area contributed by atoms with Crippen molar-refractivity contribution >= 4 is 23.5 Å². The van der Waals surface area contributed by atoms with Crippen LogP contribution in [0.5, 0.6) is 5.75 Å². The molecule has 0 bridgehead atoms. The first kappa shape index (κ1) is 19.5. The Labute approximate surface area is 175 Å². The van der Waals surface area contributed by atoms with Crippen molar-refractivity contribution in [1.29, 1.82) is 0 Å². The number of aromatic nitrogens is 3. The first-order chi connectivity index (χ1) is 14.0. The highest BCUT2D eigenvalue weighted by atomic mass is 35.5. The molecule has 4 rings (SSSR count). The monoisotopic (exact) mass is 410 g/mol. The van der Waals surface area contributed by atoms with Gasteiger partial charge >= 0.3 is 0 Å². The highest BCUT2D eigenvalue weighted by Gasteiger charge is 2.40. The lowest BCUT2D eigenvalue weighted by Crippen LogP contribution is -2.44. The Balaban J connectivity index is 1.85. The Morgan fingerprint density at radius 3 is 2.52 bits per heavy atom. The number of ether oxygens (including phenoxy) is 1. The Kier molecular flexibility index (Phi) is 5.28. The molecule has 0 saturated heterocycles. The third kappa shape index (κ3) is 3.49. The average molecular weight is 411 g/mol. The Morgan fingerprint density at radius 2 is 1.86 bits per heavy atom. The second-order valence-corrected chi connectivity index (χ2v) is 7.84. The van der Waals surface area contributed by atoms with Gasteiger partial charge in [-0.3, -0.25) is 9.69 Å². The molecule has 2 heterocycles. The van der Waals surface area contributed by atoms with Crippen LogP contribution in [0.15, 0.2) is 54.9 Å². The predicted molar refractivity (Wildman–Crippen MR) is 112 cm³/mol. The number of hydrogen-bond donors (Lipinski definition) is 0. The number of rotatable bonds is 4. The van der Waals surface area contributed by atoms with Gasteiger partial charge in [-0.1, -0.05) is 55.8 Å². The van der Waals surface area contributed by atoms with E-state index in [0.717, 1.165) is 16.9 Å². The van der Waals surface area contributed by atoms with E-state index in [1.54, 1.807) is 12.0 Å². The molecule has 2 atom stereocenters. The molecule has 1 aliphatic rings. The maximum Gasteiger partial charge on any atom is 0.232 e. The number of nitrogens with zero attached hydrogens (tertiary/aromatic N) is 4. The predicted octanol–water partition coefficient (Wildman–Crippen LogP) is 4.66. The Morgan fingerprint density at radius 1 is 1.14 bits per heavy atom. The van der Waals surface area contributed by atoms with Crippen LogP contribution in [0, 0.1) is 5.92 Å². The van der Waals surface area contributed by atoms with Gasteiger partial charge in [-0.25, -0.2) is 4.68 Å². The zero-order valence-electron chi connectivity index (χ0n) is 16.6. The molecule has 1 aliphatic heterocycles. The maximum absolute atomic E-state index is 13.2. The molecule has 1 aromatic heterocycles. The molecule has 0 fully saturated rings. The van der Waals surface area contributed by atoms with E-state index >= 15 is 0 Å². The molecule has 29 heavy (non-hydrogen) atoms. The number of hydrogen-bond acceptors (Lipinski definition) is 4. The number of carbonyl (C=O) groups excluding carboxylic acids is 1. The van der Waals surface area contributed by atoms with Crippen LogP contribution in [-0.4, -0.2) is 27.8 Å². The lowest BCUT2D eigenvalue weighted by atomic mass is 9.91. The van der Waals surface area contributed by atoms with Gasteiger partial charge in [-0.15, -0.1) is 0 Å². The fourth-order valence-corrected chi connectivity index (χ4v) is 4.10. The van der Waals surface area contributed by atoms with Crippen molar-refractivity contribution in [1.82, 2.24) is 14.8 Å². The van der Waals surface area contributed by atoms with Gasteiger partial charge in [-0.05, 0) is 35.7 Å². The minimum absolute atomic E-state index is 0.0117. The maximum atomic E-state index is 13.2. The molecule has 0 radical (unpaired) electrons. The van der Waals surface area contributed by atoms with Gasteiger partial charge in [0.05, 0.1) is 19.2 Å². The van der Waals surface area contributed by atoms with Crippen molar-refractivity contribution in [2.75, 3.05) is 12.0 Å². The number of carbonyl (C=O) groups is 1. The summed E-state index contributed by atoms with van der Waals surface area (Å²) in [5, 5.41) is 5.11. The third-order valence-electron chi connectivity index (χ3n) is 5.32. The van der Waals surface area contributed by atoms with Crippen molar-refractivity contribution in [2.45, 2.75) is 32.4 Å². The molecule has 0 saturated carbocycles. The van der Waals surface area contributed by atoms with Gasteiger partial charge in [0.15, 0.2) is 0 Å². The molecule has 0 unspecified atom stereocenters. The number of halogens is 1. The van der Waals surface area contributed by atoms with Gasteiger partial charge in [0.1, 0.15) is 12.1 Å². The van der Waals surface area contributed by atoms with Crippen molar-refractivity contribution in [2.24, 2.45) is 5.92 Å². The highest BCUT2D eigenvalue weighted by Crippen LogP contribution is 2.44. The molecule has 0 N–H and O–H groups in total. The fourth-order valence-electron chi connectivity index (χ4n) is 3.84.